The molecular formula is C23H22N4OS. The Balaban J connectivity index is 1.90. The minimum Gasteiger partial charge on any atom is -0.302 e. The smallest absolute Gasteiger partial charge is 0.192 e. The van der Waals surface area contributed by atoms with E-state index in [0.717, 1.165) is 38.7 Å². The summed E-state index contributed by atoms with van der Waals surface area (Å²) in [7, 11) is 0. The lowest BCUT2D eigenvalue weighted by Crippen LogP contribution is -2.10. The van der Waals surface area contributed by atoms with Crippen LogP contribution in [0.5, 0.6) is 0 Å². The first kappa shape index (κ1) is 19.3. The fourth-order valence-electron chi connectivity index (χ4n) is 3.22. The standard InChI is InChI=1S/C23H22N4OS/c1-4-27-22(25-26-23(27)29-16(3)15(2)28)19-14-21(17-10-6-5-7-11-17)24-20-13-9-8-12-18(19)20/h5-14,16H,4H2,1-3H3. The van der Waals surface area contributed by atoms with Crippen LogP contribution in [0.15, 0.2) is 65.8 Å². The van der Waals surface area contributed by atoms with E-state index in [2.05, 4.69) is 46.0 Å². The van der Waals surface area contributed by atoms with E-state index in [1.165, 1.54) is 11.8 Å². The number of rotatable bonds is 6. The molecule has 5 nitrogen and oxygen atoms in total. The fourth-order valence-corrected chi connectivity index (χ4v) is 4.13. The van der Waals surface area contributed by atoms with Gasteiger partial charge in [0.05, 0.1) is 16.5 Å². The molecule has 0 saturated heterocycles. The summed E-state index contributed by atoms with van der Waals surface area (Å²) in [6.07, 6.45) is 0. The first-order chi connectivity index (χ1) is 14.1. The van der Waals surface area contributed by atoms with Crippen LogP contribution in [0, 0.1) is 0 Å². The Morgan fingerprint density at radius 1 is 1.07 bits per heavy atom. The largest absolute Gasteiger partial charge is 0.302 e. The SMILES string of the molecule is CCn1c(SC(C)C(C)=O)nnc1-c1cc(-c2ccccc2)nc2ccccc12. The highest BCUT2D eigenvalue weighted by Crippen LogP contribution is 2.33. The maximum atomic E-state index is 11.7. The van der Waals surface area contributed by atoms with Crippen molar-refractivity contribution in [1.29, 1.82) is 0 Å². The quantitative estimate of drug-likeness (QED) is 0.412. The summed E-state index contributed by atoms with van der Waals surface area (Å²) in [6, 6.07) is 20.3. The number of thioether (sulfide) groups is 1. The summed E-state index contributed by atoms with van der Waals surface area (Å²) >= 11 is 1.45. The van der Waals surface area contributed by atoms with Crippen LogP contribution in [0.3, 0.4) is 0 Å². The average molecular weight is 403 g/mol. The Morgan fingerprint density at radius 2 is 1.79 bits per heavy atom. The molecule has 4 rings (SSSR count). The van der Waals surface area contributed by atoms with E-state index in [1.54, 1.807) is 6.92 Å². The number of aromatic nitrogens is 4. The number of para-hydroxylation sites is 1. The molecule has 1 atom stereocenters. The van der Waals surface area contributed by atoms with Crippen LogP contribution in [-0.4, -0.2) is 30.8 Å². The number of carbonyl (C=O) groups is 1. The van der Waals surface area contributed by atoms with E-state index in [9.17, 15) is 4.79 Å². The average Bonchev–Trinajstić information content (AvgIpc) is 3.15. The summed E-state index contributed by atoms with van der Waals surface area (Å²) in [5.41, 5.74) is 3.87. The molecule has 4 aromatic rings. The monoisotopic (exact) mass is 402 g/mol. The number of pyridine rings is 1. The molecule has 0 aliphatic heterocycles. The van der Waals surface area contributed by atoms with E-state index in [0.29, 0.717) is 6.54 Å². The van der Waals surface area contributed by atoms with Crippen LogP contribution in [0.2, 0.25) is 0 Å². The lowest BCUT2D eigenvalue weighted by molar-refractivity contribution is -0.116. The highest BCUT2D eigenvalue weighted by Gasteiger charge is 2.20. The van der Waals surface area contributed by atoms with Gasteiger partial charge < -0.3 is 4.57 Å². The first-order valence-corrected chi connectivity index (χ1v) is 10.5. The van der Waals surface area contributed by atoms with Crippen molar-refractivity contribution in [2.75, 3.05) is 0 Å². The van der Waals surface area contributed by atoms with Gasteiger partial charge in [-0.2, -0.15) is 0 Å². The van der Waals surface area contributed by atoms with Crippen LogP contribution < -0.4 is 0 Å². The molecule has 0 fully saturated rings. The number of hydrogen-bond acceptors (Lipinski definition) is 5. The molecule has 0 bridgehead atoms. The van der Waals surface area contributed by atoms with Crippen molar-refractivity contribution < 1.29 is 4.79 Å². The van der Waals surface area contributed by atoms with Gasteiger partial charge in [-0.1, -0.05) is 60.3 Å². The zero-order valence-electron chi connectivity index (χ0n) is 16.7. The van der Waals surface area contributed by atoms with Crippen molar-refractivity contribution in [2.24, 2.45) is 0 Å². The molecule has 0 amide bonds. The van der Waals surface area contributed by atoms with E-state index in [1.807, 2.05) is 43.3 Å². The topological polar surface area (TPSA) is 60.7 Å². The maximum Gasteiger partial charge on any atom is 0.192 e. The van der Waals surface area contributed by atoms with Crippen LogP contribution in [-0.2, 0) is 11.3 Å². The third-order valence-electron chi connectivity index (χ3n) is 4.91. The molecule has 2 heterocycles. The summed E-state index contributed by atoms with van der Waals surface area (Å²) in [5, 5.41) is 10.5. The number of benzene rings is 2. The molecule has 6 heteroatoms. The zero-order chi connectivity index (χ0) is 20.4. The Kier molecular flexibility index (Phi) is 5.45. The molecule has 146 valence electrons. The van der Waals surface area contributed by atoms with Gasteiger partial charge in [-0.05, 0) is 32.9 Å². The minimum atomic E-state index is -0.161. The third kappa shape index (κ3) is 3.80. The van der Waals surface area contributed by atoms with Gasteiger partial charge in [-0.15, -0.1) is 10.2 Å². The van der Waals surface area contributed by atoms with Gasteiger partial charge in [0.25, 0.3) is 0 Å². The van der Waals surface area contributed by atoms with E-state index in [-0.39, 0.29) is 11.0 Å². The lowest BCUT2D eigenvalue weighted by Gasteiger charge is -2.12. The fraction of sp³-hybridized carbons (Fsp3) is 0.217. The van der Waals surface area contributed by atoms with Crippen LogP contribution in [0.25, 0.3) is 33.5 Å². The second-order valence-electron chi connectivity index (χ2n) is 6.86. The van der Waals surface area contributed by atoms with Crippen molar-refractivity contribution in [3.8, 4) is 22.6 Å². The number of ketones is 1. The maximum absolute atomic E-state index is 11.7. The zero-order valence-corrected chi connectivity index (χ0v) is 17.5. The highest BCUT2D eigenvalue weighted by atomic mass is 32.2. The second-order valence-corrected chi connectivity index (χ2v) is 8.17. The number of hydrogen-bond donors (Lipinski definition) is 0. The normalized spacial score (nSPS) is 12.2. The first-order valence-electron chi connectivity index (χ1n) is 9.64. The van der Waals surface area contributed by atoms with Gasteiger partial charge in [0.15, 0.2) is 11.0 Å². The molecule has 1 unspecified atom stereocenters. The van der Waals surface area contributed by atoms with E-state index < -0.39 is 0 Å². The molecule has 0 N–H and O–H groups in total. The second kappa shape index (κ2) is 8.17. The molecule has 0 saturated carbocycles. The van der Waals surface area contributed by atoms with E-state index >= 15 is 0 Å². The summed E-state index contributed by atoms with van der Waals surface area (Å²) in [5.74, 6) is 0.921. The Hall–Kier alpha value is -2.99. The number of Topliss-reactive ketones (excluding diaryl/α,β-unsaturated/α-hetero) is 1. The molecular weight excluding hydrogens is 380 g/mol. The van der Waals surface area contributed by atoms with Crippen molar-refractivity contribution in [2.45, 2.75) is 37.7 Å². The molecule has 0 spiro atoms. The molecule has 0 aliphatic rings. The van der Waals surface area contributed by atoms with Gasteiger partial charge in [0.2, 0.25) is 0 Å². The van der Waals surface area contributed by atoms with Gasteiger partial charge in [0, 0.05) is 23.1 Å². The molecule has 0 radical (unpaired) electrons. The van der Waals surface area contributed by atoms with Crippen molar-refractivity contribution >= 4 is 28.4 Å². The van der Waals surface area contributed by atoms with Crippen LogP contribution in [0.1, 0.15) is 20.8 Å². The minimum absolute atomic E-state index is 0.128. The van der Waals surface area contributed by atoms with Crippen molar-refractivity contribution in [1.82, 2.24) is 19.7 Å². The van der Waals surface area contributed by atoms with Crippen LogP contribution in [0.4, 0.5) is 0 Å². The van der Waals surface area contributed by atoms with E-state index in [4.69, 9.17) is 4.98 Å². The van der Waals surface area contributed by atoms with Gasteiger partial charge >= 0.3 is 0 Å². The summed E-state index contributed by atoms with van der Waals surface area (Å²) in [4.78, 5) is 16.6. The van der Waals surface area contributed by atoms with Crippen molar-refractivity contribution in [3.05, 3.63) is 60.7 Å². The van der Waals surface area contributed by atoms with Gasteiger partial charge in [0.1, 0.15) is 5.78 Å². The number of nitrogens with zero attached hydrogens (tertiary/aromatic N) is 4. The number of carbonyl (C=O) groups excluding carboxylic acids is 1. The Bertz CT molecular complexity index is 1170. The molecule has 2 aromatic heterocycles. The van der Waals surface area contributed by atoms with Gasteiger partial charge in [-0.3, -0.25) is 4.79 Å². The Labute approximate surface area is 174 Å². The lowest BCUT2D eigenvalue weighted by atomic mass is 10.0. The number of fused-ring (bicyclic) bond motifs is 1. The van der Waals surface area contributed by atoms with Crippen molar-refractivity contribution in [3.63, 3.8) is 0 Å². The molecule has 29 heavy (non-hydrogen) atoms. The highest BCUT2D eigenvalue weighted by molar-refractivity contribution is 8.00. The predicted molar refractivity (Wildman–Crippen MR) is 118 cm³/mol. The van der Waals surface area contributed by atoms with Gasteiger partial charge in [-0.25, -0.2) is 4.98 Å². The predicted octanol–water partition coefficient (Wildman–Crippen LogP) is 5.25. The summed E-state index contributed by atoms with van der Waals surface area (Å²) in [6.45, 7) is 6.29. The molecule has 2 aromatic carbocycles. The summed E-state index contributed by atoms with van der Waals surface area (Å²) < 4.78 is 2.07. The Morgan fingerprint density at radius 3 is 2.52 bits per heavy atom. The molecule has 0 aliphatic carbocycles. The van der Waals surface area contributed by atoms with Crippen LogP contribution >= 0.6 is 11.8 Å². The third-order valence-corrected chi connectivity index (χ3v) is 6.11.